The lowest BCUT2D eigenvalue weighted by atomic mass is 10.1. The number of carbonyl (C=O) groups is 1. The quantitative estimate of drug-likeness (QED) is 0.888. The molecule has 24 heavy (non-hydrogen) atoms. The zero-order valence-corrected chi connectivity index (χ0v) is 14.5. The fourth-order valence-corrected chi connectivity index (χ4v) is 3.07. The smallest absolute Gasteiger partial charge is 0.253 e. The summed E-state index contributed by atoms with van der Waals surface area (Å²) >= 11 is 0. The molecule has 1 amide bonds. The van der Waals surface area contributed by atoms with Crippen LogP contribution in [-0.2, 0) is 13.1 Å². The van der Waals surface area contributed by atoms with Gasteiger partial charge >= 0.3 is 0 Å². The van der Waals surface area contributed by atoms with Gasteiger partial charge in [0.15, 0.2) is 0 Å². The standard InChI is InChI=1S/C19H26N4O/c1-15-11-21-23(13-15)14-16(2)20-12-17-5-7-18(8-6-17)19(24)22-9-3-4-10-22/h5-8,11,13,16,20H,3-4,9-10,12,14H2,1-2H3. The van der Waals surface area contributed by atoms with E-state index < -0.39 is 0 Å². The summed E-state index contributed by atoms with van der Waals surface area (Å²) in [6.07, 6.45) is 6.18. The zero-order chi connectivity index (χ0) is 16.9. The molecule has 3 rings (SSSR count). The Bertz CT molecular complexity index is 671. The Labute approximate surface area is 143 Å². The van der Waals surface area contributed by atoms with Crippen molar-refractivity contribution < 1.29 is 4.79 Å². The van der Waals surface area contributed by atoms with Crippen molar-refractivity contribution in [3.05, 3.63) is 53.3 Å². The molecule has 1 saturated heterocycles. The summed E-state index contributed by atoms with van der Waals surface area (Å²) < 4.78 is 1.96. The molecule has 0 bridgehead atoms. The molecule has 1 aromatic heterocycles. The second kappa shape index (κ2) is 7.62. The highest BCUT2D eigenvalue weighted by molar-refractivity contribution is 5.94. The van der Waals surface area contributed by atoms with Gasteiger partial charge < -0.3 is 10.2 Å². The Morgan fingerprint density at radius 3 is 2.58 bits per heavy atom. The number of carbonyl (C=O) groups excluding carboxylic acids is 1. The van der Waals surface area contributed by atoms with Crippen molar-refractivity contribution in [1.82, 2.24) is 20.0 Å². The number of likely N-dealkylation sites (tertiary alicyclic amines) is 1. The maximum Gasteiger partial charge on any atom is 0.253 e. The number of rotatable bonds is 6. The van der Waals surface area contributed by atoms with E-state index in [1.165, 1.54) is 11.1 Å². The average Bonchev–Trinajstić information content (AvgIpc) is 3.25. The first-order valence-corrected chi connectivity index (χ1v) is 8.72. The average molecular weight is 326 g/mol. The van der Waals surface area contributed by atoms with E-state index in [4.69, 9.17) is 0 Å². The van der Waals surface area contributed by atoms with Crippen LogP contribution >= 0.6 is 0 Å². The van der Waals surface area contributed by atoms with Gasteiger partial charge in [0.05, 0.1) is 12.7 Å². The molecule has 0 radical (unpaired) electrons. The monoisotopic (exact) mass is 326 g/mol. The number of nitrogens with zero attached hydrogens (tertiary/aromatic N) is 3. The van der Waals surface area contributed by atoms with Crippen LogP contribution in [0.3, 0.4) is 0 Å². The number of amides is 1. The minimum Gasteiger partial charge on any atom is -0.339 e. The normalized spacial score (nSPS) is 15.7. The van der Waals surface area contributed by atoms with Gasteiger partial charge in [-0.05, 0) is 49.9 Å². The van der Waals surface area contributed by atoms with Crippen LogP contribution in [0, 0.1) is 6.92 Å². The second-order valence-corrected chi connectivity index (χ2v) is 6.72. The Morgan fingerprint density at radius 1 is 1.25 bits per heavy atom. The van der Waals surface area contributed by atoms with Crippen LogP contribution in [0.1, 0.15) is 41.3 Å². The molecule has 1 atom stereocenters. The van der Waals surface area contributed by atoms with Crippen molar-refractivity contribution in [2.75, 3.05) is 13.1 Å². The lowest BCUT2D eigenvalue weighted by Gasteiger charge is -2.16. The Morgan fingerprint density at radius 2 is 1.96 bits per heavy atom. The molecular weight excluding hydrogens is 300 g/mol. The van der Waals surface area contributed by atoms with E-state index in [0.717, 1.165) is 44.6 Å². The van der Waals surface area contributed by atoms with Gasteiger partial charge in [-0.1, -0.05) is 12.1 Å². The first-order valence-electron chi connectivity index (χ1n) is 8.72. The van der Waals surface area contributed by atoms with E-state index >= 15 is 0 Å². The van der Waals surface area contributed by atoms with E-state index in [2.05, 4.69) is 23.5 Å². The van der Waals surface area contributed by atoms with Crippen molar-refractivity contribution in [3.8, 4) is 0 Å². The molecule has 128 valence electrons. The summed E-state index contributed by atoms with van der Waals surface area (Å²) in [4.78, 5) is 14.3. The number of nitrogens with one attached hydrogen (secondary N) is 1. The number of aryl methyl sites for hydroxylation is 1. The molecular formula is C19H26N4O. The van der Waals surface area contributed by atoms with Crippen molar-refractivity contribution in [1.29, 1.82) is 0 Å². The molecule has 5 nitrogen and oxygen atoms in total. The lowest BCUT2D eigenvalue weighted by Crippen LogP contribution is -2.30. The molecule has 0 spiro atoms. The SMILES string of the molecule is Cc1cnn(CC(C)NCc2ccc(C(=O)N3CCCC3)cc2)c1. The summed E-state index contributed by atoms with van der Waals surface area (Å²) in [7, 11) is 0. The third-order valence-corrected chi connectivity index (χ3v) is 4.47. The number of benzene rings is 1. The molecule has 1 aliphatic rings. The van der Waals surface area contributed by atoms with Gasteiger partial charge in [0, 0.05) is 37.4 Å². The highest BCUT2D eigenvalue weighted by atomic mass is 16.2. The predicted octanol–water partition coefficient (Wildman–Crippen LogP) is 2.61. The van der Waals surface area contributed by atoms with Gasteiger partial charge in [-0.25, -0.2) is 0 Å². The minimum absolute atomic E-state index is 0.162. The van der Waals surface area contributed by atoms with Crippen LogP contribution in [0.4, 0.5) is 0 Å². The van der Waals surface area contributed by atoms with E-state index in [1.807, 2.05) is 47.0 Å². The first kappa shape index (κ1) is 16.7. The van der Waals surface area contributed by atoms with Gasteiger partial charge in [-0.3, -0.25) is 9.48 Å². The van der Waals surface area contributed by atoms with Crippen LogP contribution < -0.4 is 5.32 Å². The maximum absolute atomic E-state index is 12.3. The van der Waals surface area contributed by atoms with Crippen molar-refractivity contribution in [2.45, 2.75) is 45.8 Å². The molecule has 0 aliphatic carbocycles. The summed E-state index contributed by atoms with van der Waals surface area (Å²) in [5.74, 6) is 0.162. The molecule has 1 unspecified atom stereocenters. The van der Waals surface area contributed by atoms with Gasteiger partial charge in [0.2, 0.25) is 0 Å². The van der Waals surface area contributed by atoms with E-state index in [1.54, 1.807) is 0 Å². The van der Waals surface area contributed by atoms with Crippen LogP contribution in [-0.4, -0.2) is 39.7 Å². The fourth-order valence-electron chi connectivity index (χ4n) is 3.07. The number of hydrogen-bond donors (Lipinski definition) is 1. The Hall–Kier alpha value is -2.14. The van der Waals surface area contributed by atoms with E-state index in [-0.39, 0.29) is 5.91 Å². The van der Waals surface area contributed by atoms with Crippen molar-refractivity contribution >= 4 is 5.91 Å². The maximum atomic E-state index is 12.3. The second-order valence-electron chi connectivity index (χ2n) is 6.72. The number of hydrogen-bond acceptors (Lipinski definition) is 3. The third-order valence-electron chi connectivity index (χ3n) is 4.47. The Balaban J connectivity index is 1.49. The number of aromatic nitrogens is 2. The van der Waals surface area contributed by atoms with Gasteiger partial charge in [0.1, 0.15) is 0 Å². The Kier molecular flexibility index (Phi) is 5.30. The molecule has 1 N–H and O–H groups in total. The third kappa shape index (κ3) is 4.23. The summed E-state index contributed by atoms with van der Waals surface area (Å²) in [6.45, 7) is 7.63. The van der Waals surface area contributed by atoms with Crippen LogP contribution in [0.5, 0.6) is 0 Å². The first-order chi connectivity index (χ1) is 11.6. The largest absolute Gasteiger partial charge is 0.339 e. The van der Waals surface area contributed by atoms with Gasteiger partial charge in [0.25, 0.3) is 5.91 Å². The van der Waals surface area contributed by atoms with Gasteiger partial charge in [-0.15, -0.1) is 0 Å². The van der Waals surface area contributed by atoms with Crippen LogP contribution in [0.15, 0.2) is 36.7 Å². The van der Waals surface area contributed by atoms with Crippen LogP contribution in [0.25, 0.3) is 0 Å². The molecule has 1 fully saturated rings. The minimum atomic E-state index is 0.162. The van der Waals surface area contributed by atoms with Crippen LogP contribution in [0.2, 0.25) is 0 Å². The predicted molar refractivity (Wildman–Crippen MR) is 94.8 cm³/mol. The molecule has 2 aromatic rings. The molecule has 5 heteroatoms. The van der Waals surface area contributed by atoms with Gasteiger partial charge in [-0.2, -0.15) is 5.10 Å². The topological polar surface area (TPSA) is 50.2 Å². The van der Waals surface area contributed by atoms with Crippen molar-refractivity contribution in [3.63, 3.8) is 0 Å². The molecule has 2 heterocycles. The highest BCUT2D eigenvalue weighted by Gasteiger charge is 2.19. The fraction of sp³-hybridized carbons (Fsp3) is 0.474. The molecule has 1 aromatic carbocycles. The van der Waals surface area contributed by atoms with Crippen molar-refractivity contribution in [2.24, 2.45) is 0 Å². The summed E-state index contributed by atoms with van der Waals surface area (Å²) in [5, 5.41) is 7.82. The van der Waals surface area contributed by atoms with E-state index in [9.17, 15) is 4.79 Å². The summed E-state index contributed by atoms with van der Waals surface area (Å²) in [6, 6.07) is 8.30. The zero-order valence-electron chi connectivity index (χ0n) is 14.5. The van der Waals surface area contributed by atoms with E-state index in [0.29, 0.717) is 6.04 Å². The lowest BCUT2D eigenvalue weighted by molar-refractivity contribution is 0.0793. The summed E-state index contributed by atoms with van der Waals surface area (Å²) in [5.41, 5.74) is 3.16. The highest BCUT2D eigenvalue weighted by Crippen LogP contribution is 2.13. The molecule has 0 saturated carbocycles. The molecule has 1 aliphatic heterocycles.